The lowest BCUT2D eigenvalue weighted by atomic mass is 10.1. The normalized spacial score (nSPS) is 12.7. The molecular weight excluding hydrogens is 218 g/mol. The van der Waals surface area contributed by atoms with Gasteiger partial charge in [-0.05, 0) is 12.3 Å². The van der Waals surface area contributed by atoms with Crippen LogP contribution in [0.5, 0.6) is 0 Å². The van der Waals surface area contributed by atoms with Gasteiger partial charge in [-0.1, -0.05) is 6.92 Å². The third-order valence-corrected chi connectivity index (χ3v) is 1.93. The molecule has 92 valence electrons. The Balaban J connectivity index is 0. The summed E-state index contributed by atoms with van der Waals surface area (Å²) in [6.45, 7) is 2.70. The van der Waals surface area contributed by atoms with Crippen molar-refractivity contribution in [3.63, 3.8) is 0 Å². The molecule has 0 saturated heterocycles. The summed E-state index contributed by atoms with van der Waals surface area (Å²) >= 11 is 5.25. The number of hydrogen-bond acceptors (Lipinski definition) is 3. The van der Waals surface area contributed by atoms with Crippen LogP contribution in [0.1, 0.15) is 13.3 Å². The van der Waals surface area contributed by atoms with Crippen molar-refractivity contribution in [2.24, 2.45) is 5.92 Å². The minimum atomic E-state index is -1.02. The second kappa shape index (κ2) is 8.95. The van der Waals surface area contributed by atoms with Crippen LogP contribution in [-0.4, -0.2) is 55.7 Å². The van der Waals surface area contributed by atoms with Crippen molar-refractivity contribution >= 4 is 17.6 Å². The summed E-state index contributed by atoms with van der Waals surface area (Å²) in [5.41, 5.74) is 0. The molecule has 0 aliphatic heterocycles. The first-order valence-electron chi connectivity index (χ1n) is 4.92. The molecule has 0 aromatic heterocycles. The van der Waals surface area contributed by atoms with Gasteiger partial charge in [-0.25, -0.2) is 0 Å². The number of aliphatic carboxylic acids is 1. The second-order valence-electron chi connectivity index (χ2n) is 4.44. The Bertz CT molecular complexity index is 169. The number of carboxylic acids is 1. The van der Waals surface area contributed by atoms with Crippen LogP contribution in [-0.2, 0) is 4.79 Å². The summed E-state index contributed by atoms with van der Waals surface area (Å²) in [6.07, 6.45) is 0.490. The zero-order valence-electron chi connectivity index (χ0n) is 9.99. The molecule has 0 fully saturated rings. The van der Waals surface area contributed by atoms with Crippen LogP contribution < -0.4 is 5.11 Å². The van der Waals surface area contributed by atoms with Gasteiger partial charge in [0.05, 0.1) is 27.7 Å². The lowest BCUT2D eigenvalue weighted by Gasteiger charge is -2.21. The Morgan fingerprint density at radius 1 is 1.47 bits per heavy atom. The van der Waals surface area contributed by atoms with E-state index in [1.54, 1.807) is 6.92 Å². The summed E-state index contributed by atoms with van der Waals surface area (Å²) in [7, 11) is 6.16. The van der Waals surface area contributed by atoms with Gasteiger partial charge in [-0.2, -0.15) is 0 Å². The molecule has 15 heavy (non-hydrogen) atoms. The molecule has 0 spiro atoms. The number of carbonyl (C=O) groups excluding carboxylic acids is 1. The Hall–Kier alpha value is -0.320. The quantitative estimate of drug-likeness (QED) is 0.529. The van der Waals surface area contributed by atoms with Crippen molar-refractivity contribution in [2.75, 3.05) is 40.2 Å². The molecular formula is C10H22ClNO3. The molecule has 4 nitrogen and oxygen atoms in total. The Morgan fingerprint density at radius 2 is 1.93 bits per heavy atom. The van der Waals surface area contributed by atoms with E-state index in [1.165, 1.54) is 0 Å². The van der Waals surface area contributed by atoms with Gasteiger partial charge >= 0.3 is 0 Å². The van der Waals surface area contributed by atoms with Crippen LogP contribution >= 0.6 is 11.6 Å². The summed E-state index contributed by atoms with van der Waals surface area (Å²) in [6, 6.07) is 0. The van der Waals surface area contributed by atoms with Gasteiger partial charge < -0.3 is 19.5 Å². The van der Waals surface area contributed by atoms with Crippen molar-refractivity contribution in [2.45, 2.75) is 13.3 Å². The average molecular weight is 240 g/mol. The molecule has 0 amide bonds. The summed E-state index contributed by atoms with van der Waals surface area (Å²) < 4.78 is 0.844. The lowest BCUT2D eigenvalue weighted by molar-refractivity contribution is -0.870. The SMILES string of the molecule is CC(CCCl)C(=O)[O-].C[N+](C)(C)CCO. The number of carbonyl (C=O) groups is 1. The van der Waals surface area contributed by atoms with E-state index in [1.807, 2.05) is 0 Å². The topological polar surface area (TPSA) is 60.4 Å². The first-order chi connectivity index (χ1) is 6.74. The van der Waals surface area contributed by atoms with E-state index >= 15 is 0 Å². The fraction of sp³-hybridized carbons (Fsp3) is 0.900. The maximum Gasteiger partial charge on any atom is 0.101 e. The maximum atomic E-state index is 9.92. The van der Waals surface area contributed by atoms with Crippen LogP contribution in [0.3, 0.4) is 0 Å². The zero-order chi connectivity index (χ0) is 12.5. The largest absolute Gasteiger partial charge is 0.550 e. The Morgan fingerprint density at radius 3 is 2.00 bits per heavy atom. The van der Waals surface area contributed by atoms with Gasteiger partial charge in [0.15, 0.2) is 0 Å². The highest BCUT2D eigenvalue weighted by molar-refractivity contribution is 6.17. The van der Waals surface area contributed by atoms with Crippen molar-refractivity contribution in [1.29, 1.82) is 0 Å². The van der Waals surface area contributed by atoms with Crippen molar-refractivity contribution in [3.05, 3.63) is 0 Å². The van der Waals surface area contributed by atoms with E-state index in [2.05, 4.69) is 21.1 Å². The van der Waals surface area contributed by atoms with Gasteiger partial charge in [0.1, 0.15) is 6.54 Å². The number of aliphatic hydroxyl groups excluding tert-OH is 1. The van der Waals surface area contributed by atoms with Gasteiger partial charge in [0.25, 0.3) is 0 Å². The van der Waals surface area contributed by atoms with E-state index in [0.717, 1.165) is 11.0 Å². The summed E-state index contributed by atoms with van der Waals surface area (Å²) in [4.78, 5) is 9.92. The van der Waals surface area contributed by atoms with E-state index in [-0.39, 0.29) is 6.61 Å². The van der Waals surface area contributed by atoms with Crippen molar-refractivity contribution in [1.82, 2.24) is 0 Å². The van der Waals surface area contributed by atoms with Crippen molar-refractivity contribution < 1.29 is 19.5 Å². The van der Waals surface area contributed by atoms with Crippen LogP contribution in [0, 0.1) is 5.92 Å². The third-order valence-electron chi connectivity index (χ3n) is 1.72. The van der Waals surface area contributed by atoms with Gasteiger partial charge in [0.2, 0.25) is 0 Å². The van der Waals surface area contributed by atoms with E-state index in [9.17, 15) is 9.90 Å². The van der Waals surface area contributed by atoms with E-state index in [4.69, 9.17) is 16.7 Å². The Kier molecular flexibility index (Phi) is 10.2. The average Bonchev–Trinajstić information content (AvgIpc) is 2.03. The highest BCUT2D eigenvalue weighted by atomic mass is 35.5. The second-order valence-corrected chi connectivity index (χ2v) is 4.81. The standard InChI is InChI=1S/C5H9ClO2.C5H14NO/c1-4(2-3-6)5(7)8;1-6(2,3)4-5-7/h4H,2-3H2,1H3,(H,7,8);7H,4-5H2,1-3H3/q;+1/p-1. The monoisotopic (exact) mass is 239 g/mol. The van der Waals surface area contributed by atoms with Crippen molar-refractivity contribution in [3.8, 4) is 0 Å². The number of hydrogen-bond donors (Lipinski definition) is 1. The van der Waals surface area contributed by atoms with Gasteiger partial charge in [0, 0.05) is 11.8 Å². The molecule has 1 atom stereocenters. The van der Waals surface area contributed by atoms with E-state index < -0.39 is 11.9 Å². The summed E-state index contributed by atoms with van der Waals surface area (Å²) in [5.74, 6) is -1.05. The lowest BCUT2D eigenvalue weighted by Crippen LogP contribution is -2.36. The first-order valence-corrected chi connectivity index (χ1v) is 5.46. The Labute approximate surface area is 97.1 Å². The van der Waals surface area contributed by atoms with Crippen LogP contribution in [0.2, 0.25) is 0 Å². The number of aliphatic hydroxyl groups is 1. The van der Waals surface area contributed by atoms with Gasteiger partial charge in [-0.15, -0.1) is 11.6 Å². The number of carboxylic acid groups (broad SMARTS) is 1. The third kappa shape index (κ3) is 16.4. The van der Waals surface area contributed by atoms with Crippen LogP contribution in [0.4, 0.5) is 0 Å². The molecule has 0 heterocycles. The molecule has 1 N–H and O–H groups in total. The fourth-order valence-corrected chi connectivity index (χ4v) is 0.909. The predicted molar refractivity (Wildman–Crippen MR) is 59.5 cm³/mol. The van der Waals surface area contributed by atoms with Crippen LogP contribution in [0.25, 0.3) is 0 Å². The first kappa shape index (κ1) is 17.1. The fourth-order valence-electron chi connectivity index (χ4n) is 0.582. The summed E-state index contributed by atoms with van der Waals surface area (Å²) in [5, 5.41) is 18.3. The molecule has 0 aromatic carbocycles. The highest BCUT2D eigenvalue weighted by Gasteiger charge is 2.02. The molecule has 0 bridgehead atoms. The van der Waals surface area contributed by atoms with E-state index in [0.29, 0.717) is 12.3 Å². The van der Waals surface area contributed by atoms with Crippen LogP contribution in [0.15, 0.2) is 0 Å². The zero-order valence-corrected chi connectivity index (χ0v) is 10.8. The molecule has 5 heteroatoms. The highest BCUT2D eigenvalue weighted by Crippen LogP contribution is 1.99. The number of rotatable bonds is 5. The number of nitrogens with zero attached hydrogens (tertiary/aromatic N) is 1. The van der Waals surface area contributed by atoms with Gasteiger partial charge in [-0.3, -0.25) is 0 Å². The number of likely N-dealkylation sites (N-methyl/N-ethyl adjacent to an activating group) is 1. The maximum absolute atomic E-state index is 9.92. The smallest absolute Gasteiger partial charge is 0.101 e. The number of quaternary nitrogens is 1. The molecule has 0 aliphatic carbocycles. The molecule has 0 radical (unpaired) electrons. The minimum absolute atomic E-state index is 0.281. The molecule has 0 rings (SSSR count). The molecule has 1 unspecified atom stereocenters. The predicted octanol–water partition coefficient (Wildman–Crippen LogP) is -0.314. The number of alkyl halides is 1. The molecule has 0 aliphatic rings. The molecule has 0 saturated carbocycles. The number of halogens is 1. The molecule has 0 aromatic rings. The minimum Gasteiger partial charge on any atom is -0.550 e.